The molecular formula is C19H20AlNO2+. The molecule has 4 heteroatoms. The zero-order valence-corrected chi connectivity index (χ0v) is 15.1. The fourth-order valence-corrected chi connectivity index (χ4v) is 3.55. The van der Waals surface area contributed by atoms with E-state index < -0.39 is 15.9 Å². The zero-order valence-electron chi connectivity index (χ0n) is 14.0. The molecule has 0 atom stereocenters. The first-order valence-electron chi connectivity index (χ1n) is 7.67. The quantitative estimate of drug-likeness (QED) is 0.541. The Morgan fingerprint density at radius 2 is 1.52 bits per heavy atom. The Bertz CT molecular complexity index is 841. The molecule has 23 heavy (non-hydrogen) atoms. The zero-order chi connectivity index (χ0) is 16.4. The molecule has 1 radical (unpaired) electrons. The SMILES string of the molecule is Cc1cccc(C)c1[O][Al][O]c1cccc2ccc(C)[n+](C)c12. The fraction of sp³-hybridized carbons (Fsp3) is 0.211. The summed E-state index contributed by atoms with van der Waals surface area (Å²) in [5, 5.41) is 1.17. The molecule has 0 unspecified atom stereocenters. The summed E-state index contributed by atoms with van der Waals surface area (Å²) < 4.78 is 14.1. The van der Waals surface area contributed by atoms with E-state index in [1.54, 1.807) is 0 Å². The van der Waals surface area contributed by atoms with Gasteiger partial charge in [-0.25, -0.2) is 0 Å². The van der Waals surface area contributed by atoms with Crippen LogP contribution in [0.2, 0.25) is 0 Å². The first-order chi connectivity index (χ1) is 11.1. The number of pyridine rings is 1. The number of nitrogens with zero attached hydrogens (tertiary/aromatic N) is 1. The largest absolute Gasteiger partial charge is 0.882 e. The monoisotopic (exact) mass is 321 g/mol. The van der Waals surface area contributed by atoms with Gasteiger partial charge in [0.05, 0.1) is 11.1 Å². The van der Waals surface area contributed by atoms with Gasteiger partial charge in [-0.2, -0.15) is 4.57 Å². The van der Waals surface area contributed by atoms with Crippen LogP contribution >= 0.6 is 0 Å². The molecule has 1 heterocycles. The van der Waals surface area contributed by atoms with Crippen LogP contribution in [-0.4, -0.2) is 15.9 Å². The second-order valence-electron chi connectivity index (χ2n) is 5.78. The van der Waals surface area contributed by atoms with Gasteiger partial charge in [0.15, 0.2) is 11.4 Å². The van der Waals surface area contributed by atoms with Crippen molar-refractivity contribution in [3.05, 3.63) is 65.4 Å². The summed E-state index contributed by atoms with van der Waals surface area (Å²) in [6, 6.07) is 16.5. The maximum Gasteiger partial charge on any atom is 0.882 e. The van der Waals surface area contributed by atoms with E-state index >= 15 is 0 Å². The topological polar surface area (TPSA) is 22.3 Å². The van der Waals surface area contributed by atoms with Crippen molar-refractivity contribution in [1.82, 2.24) is 0 Å². The molecular weight excluding hydrogens is 301 g/mol. The van der Waals surface area contributed by atoms with Crippen molar-refractivity contribution in [1.29, 1.82) is 0 Å². The van der Waals surface area contributed by atoms with E-state index in [0.717, 1.165) is 28.1 Å². The van der Waals surface area contributed by atoms with Gasteiger partial charge in [0.2, 0.25) is 0 Å². The van der Waals surface area contributed by atoms with E-state index in [0.29, 0.717) is 0 Å². The average Bonchev–Trinajstić information content (AvgIpc) is 2.54. The van der Waals surface area contributed by atoms with Crippen LogP contribution in [0.25, 0.3) is 10.9 Å². The minimum absolute atomic E-state index is 0.617. The van der Waals surface area contributed by atoms with Crippen LogP contribution in [0, 0.1) is 20.8 Å². The predicted octanol–water partition coefficient (Wildman–Crippen LogP) is 3.58. The van der Waals surface area contributed by atoms with Crippen LogP contribution in [0.5, 0.6) is 11.5 Å². The van der Waals surface area contributed by atoms with Gasteiger partial charge in [-0.15, -0.1) is 0 Å². The summed E-state index contributed by atoms with van der Waals surface area (Å²) in [5.74, 6) is 1.80. The van der Waals surface area contributed by atoms with Crippen molar-refractivity contribution in [2.24, 2.45) is 7.05 Å². The molecule has 3 aromatic rings. The molecule has 0 spiro atoms. The molecule has 0 fully saturated rings. The third-order valence-electron chi connectivity index (χ3n) is 4.15. The smallest absolute Gasteiger partial charge is 0.615 e. The van der Waals surface area contributed by atoms with Crippen molar-refractivity contribution in [3.8, 4) is 11.5 Å². The van der Waals surface area contributed by atoms with E-state index in [4.69, 9.17) is 7.58 Å². The van der Waals surface area contributed by atoms with Crippen LogP contribution in [0.1, 0.15) is 16.8 Å². The Labute approximate surface area is 143 Å². The molecule has 0 saturated heterocycles. The average molecular weight is 321 g/mol. The van der Waals surface area contributed by atoms with Crippen LogP contribution < -0.4 is 12.1 Å². The Kier molecular flexibility index (Phi) is 4.56. The van der Waals surface area contributed by atoms with Gasteiger partial charge in [-0.1, -0.05) is 24.3 Å². The van der Waals surface area contributed by atoms with E-state index in [-0.39, 0.29) is 0 Å². The Hall–Kier alpha value is -2.02. The summed E-state index contributed by atoms with van der Waals surface area (Å²) in [6.07, 6.45) is 0. The lowest BCUT2D eigenvalue weighted by molar-refractivity contribution is -0.651. The number of para-hydroxylation sites is 2. The summed E-state index contributed by atoms with van der Waals surface area (Å²) in [5.41, 5.74) is 4.57. The normalized spacial score (nSPS) is 10.6. The summed E-state index contributed by atoms with van der Waals surface area (Å²) >= 11 is -0.617. The van der Waals surface area contributed by atoms with E-state index in [2.05, 4.69) is 62.7 Å². The molecule has 3 rings (SSSR count). The Morgan fingerprint density at radius 3 is 2.26 bits per heavy atom. The van der Waals surface area contributed by atoms with Gasteiger partial charge in [-0.3, -0.25) is 0 Å². The highest BCUT2D eigenvalue weighted by Gasteiger charge is 2.17. The van der Waals surface area contributed by atoms with E-state index in [9.17, 15) is 0 Å². The third kappa shape index (κ3) is 3.19. The van der Waals surface area contributed by atoms with Crippen molar-refractivity contribution in [2.45, 2.75) is 20.8 Å². The standard InChI is InChI=1S/C11H11NO.C8H10O.Al/c1-8-6-7-9-4-3-5-10(13)11(9)12(8)2;1-6-4-3-5-7(2)8(6)9;/h3-7H,1-2H3;3-5,9H,1-2H3;/q;;+2/p-1. The molecule has 3 nitrogen and oxygen atoms in total. The number of fused-ring (bicyclic) bond motifs is 1. The number of rotatable bonds is 4. The highest BCUT2D eigenvalue weighted by molar-refractivity contribution is 6.21. The van der Waals surface area contributed by atoms with Crippen molar-refractivity contribution in [2.75, 3.05) is 0 Å². The summed E-state index contributed by atoms with van der Waals surface area (Å²) in [4.78, 5) is 0. The highest BCUT2D eigenvalue weighted by atomic mass is 27.2. The van der Waals surface area contributed by atoms with Gasteiger partial charge in [-0.05, 0) is 43.2 Å². The molecule has 2 aromatic carbocycles. The number of aryl methyl sites for hydroxylation is 4. The molecule has 0 aliphatic carbocycles. The lowest BCUT2D eigenvalue weighted by Crippen LogP contribution is -2.33. The minimum Gasteiger partial charge on any atom is -0.615 e. The molecule has 0 saturated carbocycles. The maximum atomic E-state index is 6.01. The predicted molar refractivity (Wildman–Crippen MR) is 92.8 cm³/mol. The Balaban J connectivity index is 1.84. The number of aromatic nitrogens is 1. The molecule has 0 aliphatic heterocycles. The van der Waals surface area contributed by atoms with Crippen molar-refractivity contribution >= 4 is 26.8 Å². The first-order valence-corrected chi connectivity index (χ1v) is 8.62. The van der Waals surface area contributed by atoms with E-state index in [1.165, 1.54) is 11.1 Å². The molecule has 0 bridgehead atoms. The number of hydrogen-bond donors (Lipinski definition) is 0. The Morgan fingerprint density at radius 1 is 0.826 bits per heavy atom. The minimum atomic E-state index is -0.617. The first kappa shape index (κ1) is 15.9. The molecule has 0 N–H and O–H groups in total. The van der Waals surface area contributed by atoms with Crippen molar-refractivity contribution in [3.63, 3.8) is 0 Å². The van der Waals surface area contributed by atoms with Gasteiger partial charge in [0.25, 0.3) is 5.52 Å². The third-order valence-corrected chi connectivity index (χ3v) is 4.83. The van der Waals surface area contributed by atoms with Crippen LogP contribution in [0.3, 0.4) is 0 Å². The van der Waals surface area contributed by atoms with E-state index in [1.807, 2.05) is 18.2 Å². The van der Waals surface area contributed by atoms with Gasteiger partial charge in [0.1, 0.15) is 7.05 Å². The highest BCUT2D eigenvalue weighted by Crippen LogP contribution is 2.24. The van der Waals surface area contributed by atoms with Gasteiger partial charge >= 0.3 is 15.9 Å². The second kappa shape index (κ2) is 6.62. The van der Waals surface area contributed by atoms with Crippen LogP contribution in [0.15, 0.2) is 48.5 Å². The van der Waals surface area contributed by atoms with Crippen molar-refractivity contribution < 1.29 is 12.1 Å². The maximum absolute atomic E-state index is 6.01. The van der Waals surface area contributed by atoms with Gasteiger partial charge in [0, 0.05) is 13.0 Å². The lowest BCUT2D eigenvalue weighted by atomic mass is 10.1. The lowest BCUT2D eigenvalue weighted by Gasteiger charge is -2.13. The van der Waals surface area contributed by atoms with Crippen LogP contribution in [-0.2, 0) is 7.05 Å². The molecule has 115 valence electrons. The number of hydrogen-bond acceptors (Lipinski definition) is 2. The molecule has 1 aromatic heterocycles. The second-order valence-corrected chi connectivity index (χ2v) is 6.44. The number of benzene rings is 2. The van der Waals surface area contributed by atoms with Gasteiger partial charge < -0.3 is 7.58 Å². The molecule has 0 aliphatic rings. The summed E-state index contributed by atoms with van der Waals surface area (Å²) in [6.45, 7) is 6.21. The molecule has 0 amide bonds. The summed E-state index contributed by atoms with van der Waals surface area (Å²) in [7, 11) is 2.06. The fourth-order valence-electron chi connectivity index (χ4n) is 2.74. The van der Waals surface area contributed by atoms with Crippen LogP contribution in [0.4, 0.5) is 0 Å².